The molecule has 0 spiro atoms. The molecule has 24 heavy (non-hydrogen) atoms. The van der Waals surface area contributed by atoms with Crippen molar-refractivity contribution < 1.29 is 22.7 Å². The second-order valence-electron chi connectivity index (χ2n) is 6.06. The molecular weight excluding hydrogens is 332 g/mol. The van der Waals surface area contributed by atoms with E-state index < -0.39 is 28.0 Å². The highest BCUT2D eigenvalue weighted by molar-refractivity contribution is 7.89. The number of carbonyl (C=O) groups excluding carboxylic acids is 2. The molecule has 0 unspecified atom stereocenters. The fraction of sp³-hybridized carbons (Fsp3) is 0.500. The van der Waals surface area contributed by atoms with Crippen LogP contribution >= 0.6 is 0 Å². The third kappa shape index (κ3) is 4.12. The van der Waals surface area contributed by atoms with Crippen LogP contribution in [0.1, 0.15) is 37.0 Å². The molecular formula is C16H22N2O5S. The maximum Gasteiger partial charge on any atom is 0.338 e. The number of carbonyl (C=O) groups is 2. The maximum absolute atomic E-state index is 12.6. The van der Waals surface area contributed by atoms with Crippen LogP contribution in [0.5, 0.6) is 0 Å². The van der Waals surface area contributed by atoms with Crippen LogP contribution < -0.4 is 5.73 Å². The molecule has 7 nitrogen and oxygen atoms in total. The third-order valence-electron chi connectivity index (χ3n) is 4.15. The first-order valence-electron chi connectivity index (χ1n) is 7.82. The van der Waals surface area contributed by atoms with Gasteiger partial charge in [0.05, 0.1) is 10.5 Å². The zero-order valence-electron chi connectivity index (χ0n) is 13.8. The summed E-state index contributed by atoms with van der Waals surface area (Å²) in [7, 11) is -3.56. The molecule has 0 radical (unpaired) electrons. The van der Waals surface area contributed by atoms with E-state index in [9.17, 15) is 18.0 Å². The third-order valence-corrected chi connectivity index (χ3v) is 6.07. The van der Waals surface area contributed by atoms with Crippen molar-refractivity contribution in [3.8, 4) is 0 Å². The molecule has 1 amide bonds. The molecule has 1 saturated heterocycles. The van der Waals surface area contributed by atoms with Crippen LogP contribution in [0.25, 0.3) is 0 Å². The van der Waals surface area contributed by atoms with Gasteiger partial charge in [-0.05, 0) is 49.9 Å². The number of ether oxygens (including phenoxy) is 1. The van der Waals surface area contributed by atoms with Crippen LogP contribution in [-0.4, -0.2) is 43.8 Å². The molecule has 1 fully saturated rings. The van der Waals surface area contributed by atoms with Crippen molar-refractivity contribution in [1.82, 2.24) is 4.31 Å². The van der Waals surface area contributed by atoms with E-state index >= 15 is 0 Å². The van der Waals surface area contributed by atoms with Crippen LogP contribution in [0.3, 0.4) is 0 Å². The monoisotopic (exact) mass is 354 g/mol. The molecule has 1 heterocycles. The van der Waals surface area contributed by atoms with Gasteiger partial charge in [0.25, 0.3) is 5.91 Å². The van der Waals surface area contributed by atoms with Crippen molar-refractivity contribution in [2.75, 3.05) is 13.1 Å². The summed E-state index contributed by atoms with van der Waals surface area (Å²) in [5.41, 5.74) is 5.20. The second-order valence-corrected chi connectivity index (χ2v) is 8.00. The number of esters is 1. The Kier molecular flexibility index (Phi) is 5.61. The Morgan fingerprint density at radius 2 is 1.75 bits per heavy atom. The molecule has 0 saturated carbocycles. The summed E-state index contributed by atoms with van der Waals surface area (Å²) in [5.74, 6) is -0.945. The van der Waals surface area contributed by atoms with Crippen LogP contribution in [0, 0.1) is 5.92 Å². The van der Waals surface area contributed by atoms with Crippen LogP contribution in [0.15, 0.2) is 29.2 Å². The lowest BCUT2D eigenvalue weighted by Crippen LogP contribution is -2.37. The van der Waals surface area contributed by atoms with Crippen molar-refractivity contribution in [3.05, 3.63) is 29.8 Å². The Hall–Kier alpha value is -1.93. The standard InChI is InChI=1S/C16H22N2O5S/c1-11-7-9-18(10-8-11)24(21,22)14-5-3-13(4-6-14)16(20)23-12(2)15(17)19/h3-6,11-12H,7-10H2,1-2H3,(H2,17,19)/t12-/m0/s1. The Morgan fingerprint density at radius 1 is 1.21 bits per heavy atom. The molecule has 8 heteroatoms. The molecule has 132 valence electrons. The molecule has 1 atom stereocenters. The summed E-state index contributed by atoms with van der Waals surface area (Å²) in [4.78, 5) is 22.9. The largest absolute Gasteiger partial charge is 0.449 e. The Balaban J connectivity index is 2.11. The number of sulfonamides is 1. The molecule has 1 aliphatic rings. The molecule has 0 bridgehead atoms. The highest BCUT2D eigenvalue weighted by Gasteiger charge is 2.28. The molecule has 0 aromatic heterocycles. The highest BCUT2D eigenvalue weighted by atomic mass is 32.2. The van der Waals surface area contributed by atoms with E-state index in [0.29, 0.717) is 19.0 Å². The lowest BCUT2D eigenvalue weighted by atomic mass is 10.0. The van der Waals surface area contributed by atoms with E-state index in [2.05, 4.69) is 6.92 Å². The van der Waals surface area contributed by atoms with Crippen LogP contribution in [0.4, 0.5) is 0 Å². The van der Waals surface area contributed by atoms with E-state index in [-0.39, 0.29) is 10.5 Å². The number of nitrogens with zero attached hydrogens (tertiary/aromatic N) is 1. The summed E-state index contributed by atoms with van der Waals surface area (Å²) in [6.07, 6.45) is 0.639. The van der Waals surface area contributed by atoms with Crippen molar-refractivity contribution in [2.45, 2.75) is 37.7 Å². The van der Waals surface area contributed by atoms with Crippen molar-refractivity contribution in [1.29, 1.82) is 0 Å². The van der Waals surface area contributed by atoms with E-state index in [4.69, 9.17) is 10.5 Å². The van der Waals surface area contributed by atoms with E-state index in [0.717, 1.165) is 12.8 Å². The van der Waals surface area contributed by atoms with Gasteiger partial charge in [0, 0.05) is 13.1 Å². The molecule has 2 N–H and O–H groups in total. The lowest BCUT2D eigenvalue weighted by molar-refractivity contribution is -0.125. The van der Waals surface area contributed by atoms with Gasteiger partial charge in [-0.3, -0.25) is 4.79 Å². The number of nitrogens with two attached hydrogens (primary N) is 1. The van der Waals surface area contributed by atoms with Gasteiger partial charge in [0.15, 0.2) is 6.10 Å². The predicted octanol–water partition coefficient (Wildman–Crippen LogP) is 1.14. The minimum absolute atomic E-state index is 0.136. The smallest absolute Gasteiger partial charge is 0.338 e. The van der Waals surface area contributed by atoms with E-state index in [1.54, 1.807) is 0 Å². The second kappa shape index (κ2) is 7.31. The Morgan fingerprint density at radius 3 is 2.25 bits per heavy atom. The molecule has 1 aromatic carbocycles. The SMILES string of the molecule is CC1CCN(S(=O)(=O)c2ccc(C(=O)O[C@@H](C)C(N)=O)cc2)CC1. The number of benzene rings is 1. The normalized spacial score (nSPS) is 18.1. The molecule has 2 rings (SSSR count). The number of primary amides is 1. The summed E-state index contributed by atoms with van der Waals surface area (Å²) < 4.78 is 31.5. The van der Waals surface area contributed by atoms with Crippen molar-refractivity contribution in [3.63, 3.8) is 0 Å². The maximum atomic E-state index is 12.6. The fourth-order valence-corrected chi connectivity index (χ4v) is 3.89. The van der Waals surface area contributed by atoms with Gasteiger partial charge in [-0.2, -0.15) is 4.31 Å². The van der Waals surface area contributed by atoms with Crippen molar-refractivity contribution in [2.24, 2.45) is 11.7 Å². The lowest BCUT2D eigenvalue weighted by Gasteiger charge is -2.29. The quantitative estimate of drug-likeness (QED) is 0.798. The van der Waals surface area contributed by atoms with E-state index in [1.165, 1.54) is 35.5 Å². The first kappa shape index (κ1) is 18.4. The predicted molar refractivity (Wildman–Crippen MR) is 87.7 cm³/mol. The first-order chi connectivity index (χ1) is 11.2. The van der Waals surface area contributed by atoms with Gasteiger partial charge in [0.2, 0.25) is 10.0 Å². The minimum atomic E-state index is -3.56. The molecule has 1 aliphatic heterocycles. The zero-order chi connectivity index (χ0) is 17.9. The topological polar surface area (TPSA) is 107 Å². The Bertz CT molecular complexity index is 706. The van der Waals surface area contributed by atoms with Gasteiger partial charge in [-0.25, -0.2) is 13.2 Å². The first-order valence-corrected chi connectivity index (χ1v) is 9.26. The number of hydrogen-bond donors (Lipinski definition) is 1. The van der Waals surface area contributed by atoms with Crippen LogP contribution in [0.2, 0.25) is 0 Å². The highest BCUT2D eigenvalue weighted by Crippen LogP contribution is 2.23. The summed E-state index contributed by atoms with van der Waals surface area (Å²) in [6, 6.07) is 5.49. The number of hydrogen-bond acceptors (Lipinski definition) is 5. The van der Waals surface area contributed by atoms with Gasteiger partial charge < -0.3 is 10.5 Å². The molecule has 0 aliphatic carbocycles. The average Bonchev–Trinajstić information content (AvgIpc) is 2.55. The number of piperidine rings is 1. The van der Waals surface area contributed by atoms with Gasteiger partial charge in [0.1, 0.15) is 0 Å². The zero-order valence-corrected chi connectivity index (χ0v) is 14.6. The number of rotatable bonds is 5. The van der Waals surface area contributed by atoms with Gasteiger partial charge in [-0.1, -0.05) is 6.92 Å². The van der Waals surface area contributed by atoms with Gasteiger partial charge >= 0.3 is 5.97 Å². The van der Waals surface area contributed by atoms with Gasteiger partial charge in [-0.15, -0.1) is 0 Å². The fourth-order valence-electron chi connectivity index (χ4n) is 2.42. The summed E-state index contributed by atoms with van der Waals surface area (Å²) >= 11 is 0. The number of amides is 1. The average molecular weight is 354 g/mol. The summed E-state index contributed by atoms with van der Waals surface area (Å²) in [6.45, 7) is 4.49. The Labute approximate surface area is 141 Å². The van der Waals surface area contributed by atoms with Crippen molar-refractivity contribution >= 4 is 21.9 Å². The van der Waals surface area contributed by atoms with Crippen LogP contribution in [-0.2, 0) is 19.6 Å². The minimum Gasteiger partial charge on any atom is -0.449 e. The summed E-state index contributed by atoms with van der Waals surface area (Å²) in [5, 5.41) is 0. The van der Waals surface area contributed by atoms with E-state index in [1.807, 2.05) is 0 Å². The molecule has 1 aromatic rings.